The van der Waals surface area contributed by atoms with Crippen molar-refractivity contribution in [1.82, 2.24) is 4.57 Å². The van der Waals surface area contributed by atoms with Crippen LogP contribution in [0.1, 0.15) is 11.1 Å². The van der Waals surface area contributed by atoms with E-state index in [1.54, 1.807) is 4.57 Å². The van der Waals surface area contributed by atoms with E-state index in [1.165, 1.54) is 16.3 Å². The van der Waals surface area contributed by atoms with Gasteiger partial charge >= 0.3 is 0 Å². The Hall–Kier alpha value is -2.87. The summed E-state index contributed by atoms with van der Waals surface area (Å²) < 4.78 is 1.75. The van der Waals surface area contributed by atoms with E-state index < -0.39 is 0 Å². The zero-order chi connectivity index (χ0) is 15.8. The second kappa shape index (κ2) is 5.40. The quantitative estimate of drug-likeness (QED) is 0.541. The molecule has 0 bridgehead atoms. The second-order valence-corrected chi connectivity index (χ2v) is 5.91. The highest BCUT2D eigenvalue weighted by molar-refractivity contribution is 5.86. The molecule has 0 N–H and O–H groups in total. The van der Waals surface area contributed by atoms with Gasteiger partial charge in [0.25, 0.3) is 5.56 Å². The minimum absolute atomic E-state index is 0.0802. The number of aryl methyl sites for hydroxylation is 1. The molecule has 2 heteroatoms. The van der Waals surface area contributed by atoms with E-state index in [2.05, 4.69) is 36.4 Å². The SMILES string of the molecule is Cn1c(=O)c(Cc2cccc3ccccc23)cc2ccccc21. The van der Waals surface area contributed by atoms with Gasteiger partial charge in [0.15, 0.2) is 0 Å². The van der Waals surface area contributed by atoms with Gasteiger partial charge in [0.1, 0.15) is 0 Å². The molecule has 0 aliphatic carbocycles. The Kier molecular flexibility index (Phi) is 3.23. The fraction of sp³-hybridized carbons (Fsp3) is 0.0952. The van der Waals surface area contributed by atoms with Crippen molar-refractivity contribution in [3.63, 3.8) is 0 Å². The Morgan fingerprint density at radius 1 is 0.783 bits per heavy atom. The maximum Gasteiger partial charge on any atom is 0.254 e. The molecular weight excluding hydrogens is 282 g/mol. The standard InChI is InChI=1S/C21H17NO/c1-22-20-12-5-3-8-17(20)14-18(21(22)23)13-16-10-6-9-15-7-2-4-11-19(15)16/h2-12,14H,13H2,1H3. The minimum Gasteiger partial charge on any atom is -0.311 e. The summed E-state index contributed by atoms with van der Waals surface area (Å²) in [5.41, 5.74) is 3.08. The van der Waals surface area contributed by atoms with Gasteiger partial charge in [-0.15, -0.1) is 0 Å². The van der Waals surface area contributed by atoms with E-state index in [9.17, 15) is 4.79 Å². The lowest BCUT2D eigenvalue weighted by Crippen LogP contribution is -2.21. The van der Waals surface area contributed by atoms with Crippen LogP contribution in [-0.2, 0) is 13.5 Å². The zero-order valence-corrected chi connectivity index (χ0v) is 13.0. The molecule has 4 rings (SSSR count). The summed E-state index contributed by atoms with van der Waals surface area (Å²) in [6.07, 6.45) is 0.652. The maximum absolute atomic E-state index is 12.7. The Morgan fingerprint density at radius 3 is 2.35 bits per heavy atom. The van der Waals surface area contributed by atoms with Crippen LogP contribution in [0.5, 0.6) is 0 Å². The van der Waals surface area contributed by atoms with Crippen LogP contribution in [0.3, 0.4) is 0 Å². The van der Waals surface area contributed by atoms with Crippen LogP contribution >= 0.6 is 0 Å². The minimum atomic E-state index is 0.0802. The molecule has 4 aromatic rings. The van der Waals surface area contributed by atoms with Crippen LogP contribution in [0, 0.1) is 0 Å². The first-order chi connectivity index (χ1) is 11.2. The van der Waals surface area contributed by atoms with Crippen LogP contribution in [0.4, 0.5) is 0 Å². The Morgan fingerprint density at radius 2 is 1.48 bits per heavy atom. The largest absolute Gasteiger partial charge is 0.311 e. The van der Waals surface area contributed by atoms with Gasteiger partial charge in [-0.1, -0.05) is 60.7 Å². The van der Waals surface area contributed by atoms with Gasteiger partial charge in [-0.05, 0) is 33.9 Å². The molecule has 0 spiro atoms. The number of aromatic nitrogens is 1. The third-order valence-corrected chi connectivity index (χ3v) is 4.47. The van der Waals surface area contributed by atoms with Crippen LogP contribution in [0.25, 0.3) is 21.7 Å². The molecule has 2 nitrogen and oxygen atoms in total. The molecule has 0 unspecified atom stereocenters. The average molecular weight is 299 g/mol. The van der Waals surface area contributed by atoms with Crippen molar-refractivity contribution in [3.8, 4) is 0 Å². The summed E-state index contributed by atoms with van der Waals surface area (Å²) in [6.45, 7) is 0. The second-order valence-electron chi connectivity index (χ2n) is 5.91. The highest BCUT2D eigenvalue weighted by Gasteiger charge is 2.09. The number of benzene rings is 3. The first kappa shape index (κ1) is 13.8. The molecular formula is C21H17NO. The van der Waals surface area contributed by atoms with Gasteiger partial charge in [-0.2, -0.15) is 0 Å². The Bertz CT molecular complexity index is 1070. The van der Waals surface area contributed by atoms with Gasteiger partial charge < -0.3 is 4.57 Å². The monoisotopic (exact) mass is 299 g/mol. The third kappa shape index (κ3) is 2.33. The van der Waals surface area contributed by atoms with Crippen LogP contribution in [-0.4, -0.2) is 4.57 Å². The third-order valence-electron chi connectivity index (χ3n) is 4.47. The van der Waals surface area contributed by atoms with E-state index in [1.807, 2.05) is 43.4 Å². The predicted octanol–water partition coefficient (Wildman–Crippen LogP) is 4.28. The highest BCUT2D eigenvalue weighted by atomic mass is 16.1. The average Bonchev–Trinajstić information content (AvgIpc) is 2.60. The van der Waals surface area contributed by atoms with E-state index in [-0.39, 0.29) is 5.56 Å². The van der Waals surface area contributed by atoms with Crippen LogP contribution < -0.4 is 5.56 Å². The molecule has 0 aliphatic heterocycles. The van der Waals surface area contributed by atoms with E-state index in [0.717, 1.165) is 16.5 Å². The summed E-state index contributed by atoms with van der Waals surface area (Å²) >= 11 is 0. The van der Waals surface area contributed by atoms with Crippen molar-refractivity contribution in [3.05, 3.63) is 94.3 Å². The molecule has 1 aromatic heterocycles. The normalized spacial score (nSPS) is 11.2. The number of pyridine rings is 1. The lowest BCUT2D eigenvalue weighted by Gasteiger charge is -2.10. The fourth-order valence-electron chi connectivity index (χ4n) is 3.27. The number of para-hydroxylation sites is 1. The first-order valence-electron chi connectivity index (χ1n) is 7.78. The van der Waals surface area contributed by atoms with Gasteiger partial charge in [-0.25, -0.2) is 0 Å². The molecule has 0 radical (unpaired) electrons. The molecule has 112 valence electrons. The van der Waals surface area contributed by atoms with Crippen molar-refractivity contribution in [2.24, 2.45) is 7.05 Å². The van der Waals surface area contributed by atoms with Crippen molar-refractivity contribution >= 4 is 21.7 Å². The van der Waals surface area contributed by atoms with E-state index >= 15 is 0 Å². The molecule has 23 heavy (non-hydrogen) atoms. The summed E-state index contributed by atoms with van der Waals surface area (Å²) in [5.74, 6) is 0. The Balaban J connectivity index is 1.90. The molecule has 0 fully saturated rings. The van der Waals surface area contributed by atoms with Gasteiger partial charge in [0, 0.05) is 19.0 Å². The van der Waals surface area contributed by atoms with E-state index in [4.69, 9.17) is 0 Å². The van der Waals surface area contributed by atoms with Crippen LogP contribution in [0.2, 0.25) is 0 Å². The molecule has 0 saturated carbocycles. The summed E-state index contributed by atoms with van der Waals surface area (Å²) in [6, 6.07) is 24.6. The summed E-state index contributed by atoms with van der Waals surface area (Å²) in [7, 11) is 1.84. The predicted molar refractivity (Wildman–Crippen MR) is 95.9 cm³/mol. The lowest BCUT2D eigenvalue weighted by molar-refractivity contribution is 0.883. The number of hydrogen-bond donors (Lipinski definition) is 0. The van der Waals surface area contributed by atoms with Crippen molar-refractivity contribution in [2.45, 2.75) is 6.42 Å². The highest BCUT2D eigenvalue weighted by Crippen LogP contribution is 2.21. The van der Waals surface area contributed by atoms with Crippen molar-refractivity contribution in [2.75, 3.05) is 0 Å². The molecule has 3 aromatic carbocycles. The van der Waals surface area contributed by atoms with Crippen LogP contribution in [0.15, 0.2) is 77.6 Å². The summed E-state index contributed by atoms with van der Waals surface area (Å²) in [5, 5.41) is 3.53. The number of rotatable bonds is 2. The number of nitrogens with zero attached hydrogens (tertiary/aromatic N) is 1. The van der Waals surface area contributed by atoms with E-state index in [0.29, 0.717) is 6.42 Å². The molecule has 0 amide bonds. The zero-order valence-electron chi connectivity index (χ0n) is 13.0. The van der Waals surface area contributed by atoms with Crippen molar-refractivity contribution in [1.29, 1.82) is 0 Å². The first-order valence-corrected chi connectivity index (χ1v) is 7.78. The number of hydrogen-bond acceptors (Lipinski definition) is 1. The summed E-state index contributed by atoms with van der Waals surface area (Å²) in [4.78, 5) is 12.7. The lowest BCUT2D eigenvalue weighted by atomic mass is 9.98. The maximum atomic E-state index is 12.7. The smallest absolute Gasteiger partial charge is 0.254 e. The molecule has 0 atom stereocenters. The molecule has 0 saturated heterocycles. The van der Waals surface area contributed by atoms with Gasteiger partial charge in [0.2, 0.25) is 0 Å². The molecule has 1 heterocycles. The van der Waals surface area contributed by atoms with Crippen molar-refractivity contribution < 1.29 is 0 Å². The van der Waals surface area contributed by atoms with Gasteiger partial charge in [-0.3, -0.25) is 4.79 Å². The molecule has 0 aliphatic rings. The topological polar surface area (TPSA) is 22.0 Å². The number of fused-ring (bicyclic) bond motifs is 2. The fourth-order valence-corrected chi connectivity index (χ4v) is 3.27. The van der Waals surface area contributed by atoms with Gasteiger partial charge in [0.05, 0.1) is 5.52 Å². The Labute approximate surface area is 134 Å².